The summed E-state index contributed by atoms with van der Waals surface area (Å²) in [5.74, 6) is -1.02. The van der Waals surface area contributed by atoms with Crippen LogP contribution in [0.25, 0.3) is 0 Å². The highest BCUT2D eigenvalue weighted by molar-refractivity contribution is 6.40. The molecule has 3 amide bonds. The highest BCUT2D eigenvalue weighted by atomic mass is 19.4. The van der Waals surface area contributed by atoms with Crippen molar-refractivity contribution in [3.05, 3.63) is 65.7 Å². The number of hydrogen-bond acceptors (Lipinski definition) is 4. The minimum Gasteiger partial charge on any atom is -0.335 e. The number of alkyl halides is 3. The quantitative estimate of drug-likeness (QED) is 0.709. The van der Waals surface area contributed by atoms with E-state index in [4.69, 9.17) is 0 Å². The lowest BCUT2D eigenvalue weighted by Crippen LogP contribution is -2.53. The zero-order valence-electron chi connectivity index (χ0n) is 17.6. The number of rotatable bonds is 3. The van der Waals surface area contributed by atoms with Crippen molar-refractivity contribution in [3.8, 4) is 0 Å². The van der Waals surface area contributed by atoms with Crippen LogP contribution in [0, 0.1) is 0 Å². The molecule has 0 atom stereocenters. The molecule has 1 fully saturated rings. The van der Waals surface area contributed by atoms with Crippen LogP contribution in [0.15, 0.2) is 59.7 Å². The molecule has 172 valence electrons. The van der Waals surface area contributed by atoms with Gasteiger partial charge in [-0.1, -0.05) is 24.3 Å². The second kappa shape index (κ2) is 9.05. The molecule has 0 N–H and O–H groups in total. The van der Waals surface area contributed by atoms with E-state index in [1.165, 1.54) is 22.0 Å². The van der Waals surface area contributed by atoms with E-state index in [2.05, 4.69) is 5.10 Å². The third-order valence-corrected chi connectivity index (χ3v) is 5.57. The second-order valence-corrected chi connectivity index (χ2v) is 7.75. The molecule has 2 aromatic carbocycles. The Kier molecular flexibility index (Phi) is 6.17. The van der Waals surface area contributed by atoms with Gasteiger partial charge in [0.05, 0.1) is 11.3 Å². The van der Waals surface area contributed by atoms with Crippen LogP contribution < -0.4 is 5.01 Å². The molecule has 0 spiro atoms. The molecule has 0 aliphatic carbocycles. The largest absolute Gasteiger partial charge is 0.416 e. The lowest BCUT2D eigenvalue weighted by molar-refractivity contribution is -0.137. The average Bonchev–Trinajstić information content (AvgIpc) is 2.83. The van der Waals surface area contributed by atoms with Crippen LogP contribution in [0.5, 0.6) is 0 Å². The molecule has 4 rings (SSSR count). The minimum atomic E-state index is -4.53. The fourth-order valence-corrected chi connectivity index (χ4v) is 3.78. The number of anilines is 1. The molecule has 1 saturated heterocycles. The average molecular weight is 458 g/mol. The van der Waals surface area contributed by atoms with E-state index < -0.39 is 17.6 Å². The van der Waals surface area contributed by atoms with E-state index in [0.717, 1.165) is 12.1 Å². The van der Waals surface area contributed by atoms with Crippen LogP contribution in [0.4, 0.5) is 18.9 Å². The summed E-state index contributed by atoms with van der Waals surface area (Å²) in [6, 6.07) is 13.1. The topological polar surface area (TPSA) is 73.3 Å². The molecule has 2 heterocycles. The molecule has 0 aromatic heterocycles. The van der Waals surface area contributed by atoms with Crippen LogP contribution in [-0.4, -0.2) is 59.4 Å². The van der Waals surface area contributed by atoms with Crippen molar-refractivity contribution < 1.29 is 27.6 Å². The predicted octanol–water partition coefficient (Wildman–Crippen LogP) is 3.17. The first-order valence-corrected chi connectivity index (χ1v) is 10.5. The number of hydrazone groups is 1. The smallest absolute Gasteiger partial charge is 0.335 e. The van der Waals surface area contributed by atoms with Crippen molar-refractivity contribution in [1.29, 1.82) is 0 Å². The SMILES string of the molecule is O=C(C1=NN(c2ccccc2)C(=O)CC1)N1CCN(C(=O)c2cccc(C(F)(F)F)c2)CC1. The first-order chi connectivity index (χ1) is 15.7. The number of nitrogens with zero attached hydrogens (tertiary/aromatic N) is 4. The predicted molar refractivity (Wildman–Crippen MR) is 115 cm³/mol. The first-order valence-electron chi connectivity index (χ1n) is 10.5. The number of halogens is 3. The van der Waals surface area contributed by atoms with Crippen molar-refractivity contribution in [1.82, 2.24) is 9.80 Å². The van der Waals surface area contributed by atoms with Crippen molar-refractivity contribution >= 4 is 29.1 Å². The summed E-state index contributed by atoms with van der Waals surface area (Å²) in [5, 5.41) is 5.49. The van der Waals surface area contributed by atoms with Crippen molar-refractivity contribution in [2.45, 2.75) is 19.0 Å². The molecule has 2 aliphatic rings. The van der Waals surface area contributed by atoms with E-state index in [0.29, 0.717) is 5.69 Å². The molecule has 0 bridgehead atoms. The molecule has 2 aromatic rings. The molecule has 2 aliphatic heterocycles. The Balaban J connectivity index is 1.41. The van der Waals surface area contributed by atoms with Gasteiger partial charge in [-0.2, -0.15) is 18.3 Å². The lowest BCUT2D eigenvalue weighted by Gasteiger charge is -2.35. The Morgan fingerprint density at radius 2 is 1.45 bits per heavy atom. The van der Waals surface area contributed by atoms with Crippen molar-refractivity contribution in [2.75, 3.05) is 31.2 Å². The molecule has 0 radical (unpaired) electrons. The summed E-state index contributed by atoms with van der Waals surface area (Å²) in [5.41, 5.74) is -0.0895. The number of carbonyl (C=O) groups is 3. The monoisotopic (exact) mass is 458 g/mol. The summed E-state index contributed by atoms with van der Waals surface area (Å²) >= 11 is 0. The van der Waals surface area contributed by atoms with Gasteiger partial charge in [0.25, 0.3) is 11.8 Å². The van der Waals surface area contributed by atoms with Crippen molar-refractivity contribution in [2.24, 2.45) is 5.10 Å². The highest BCUT2D eigenvalue weighted by Gasteiger charge is 2.33. The van der Waals surface area contributed by atoms with Gasteiger partial charge < -0.3 is 9.80 Å². The summed E-state index contributed by atoms with van der Waals surface area (Å²) in [4.78, 5) is 40.9. The van der Waals surface area contributed by atoms with Gasteiger partial charge >= 0.3 is 6.18 Å². The maximum Gasteiger partial charge on any atom is 0.416 e. The van der Waals surface area contributed by atoms with Gasteiger partial charge in [-0.3, -0.25) is 14.4 Å². The number of hydrogen-bond donors (Lipinski definition) is 0. The van der Waals surface area contributed by atoms with E-state index in [1.54, 1.807) is 29.2 Å². The third kappa shape index (κ3) is 4.89. The maximum atomic E-state index is 13.0. The lowest BCUT2D eigenvalue weighted by atomic mass is 10.1. The Labute approximate surface area is 188 Å². The van der Waals surface area contributed by atoms with Gasteiger partial charge in [-0.15, -0.1) is 0 Å². The molecule has 0 unspecified atom stereocenters. The van der Waals surface area contributed by atoms with E-state index in [9.17, 15) is 27.6 Å². The Hall–Kier alpha value is -3.69. The van der Waals surface area contributed by atoms with Gasteiger partial charge in [-0.05, 0) is 30.3 Å². The van der Waals surface area contributed by atoms with Crippen LogP contribution in [0.1, 0.15) is 28.8 Å². The van der Waals surface area contributed by atoms with Gasteiger partial charge in [0.1, 0.15) is 5.71 Å². The number of amides is 3. The van der Waals surface area contributed by atoms with Crippen LogP contribution >= 0.6 is 0 Å². The molecular formula is C23H21F3N4O3. The van der Waals surface area contributed by atoms with Crippen LogP contribution in [-0.2, 0) is 15.8 Å². The number of benzene rings is 2. The minimum absolute atomic E-state index is 0.0433. The van der Waals surface area contributed by atoms with Gasteiger partial charge in [-0.25, -0.2) is 5.01 Å². The van der Waals surface area contributed by atoms with Crippen molar-refractivity contribution in [3.63, 3.8) is 0 Å². The fourth-order valence-electron chi connectivity index (χ4n) is 3.78. The van der Waals surface area contributed by atoms with Gasteiger partial charge in [0.15, 0.2) is 0 Å². The molecular weight excluding hydrogens is 437 g/mol. The van der Waals surface area contributed by atoms with Gasteiger partial charge in [0.2, 0.25) is 5.91 Å². The first kappa shape index (κ1) is 22.5. The highest BCUT2D eigenvalue weighted by Crippen LogP contribution is 2.30. The second-order valence-electron chi connectivity index (χ2n) is 7.75. The molecule has 0 saturated carbocycles. The zero-order valence-corrected chi connectivity index (χ0v) is 17.6. The number of para-hydroxylation sites is 1. The zero-order chi connectivity index (χ0) is 23.6. The molecule has 33 heavy (non-hydrogen) atoms. The Morgan fingerprint density at radius 3 is 2.09 bits per heavy atom. The van der Waals surface area contributed by atoms with E-state index >= 15 is 0 Å². The maximum absolute atomic E-state index is 13.0. The molecule has 7 nitrogen and oxygen atoms in total. The normalized spacial score (nSPS) is 17.1. The van der Waals surface area contributed by atoms with Gasteiger partial charge in [0, 0.05) is 44.6 Å². The van der Waals surface area contributed by atoms with Crippen LogP contribution in [0.2, 0.25) is 0 Å². The number of carbonyl (C=O) groups excluding carboxylic acids is 3. The molecule has 10 heteroatoms. The summed E-state index contributed by atoms with van der Waals surface area (Å²) in [6.07, 6.45) is -4.14. The summed E-state index contributed by atoms with van der Waals surface area (Å²) in [7, 11) is 0. The van der Waals surface area contributed by atoms with Crippen LogP contribution in [0.3, 0.4) is 0 Å². The summed E-state index contributed by atoms with van der Waals surface area (Å²) < 4.78 is 38.8. The fraction of sp³-hybridized carbons (Fsp3) is 0.304. The number of piperazine rings is 1. The Bertz CT molecular complexity index is 1090. The standard InChI is InChI=1S/C23H21F3N4O3/c24-23(25,26)17-6-4-5-16(15-17)21(32)28-11-13-29(14-12-28)22(33)19-9-10-20(31)30(27-19)18-7-2-1-3-8-18/h1-8,15H,9-14H2. The van der Waals surface area contributed by atoms with E-state index in [1.807, 2.05) is 6.07 Å². The summed E-state index contributed by atoms with van der Waals surface area (Å²) in [6.45, 7) is 0.828. The Morgan fingerprint density at radius 1 is 0.818 bits per heavy atom. The third-order valence-electron chi connectivity index (χ3n) is 5.57. The van der Waals surface area contributed by atoms with E-state index in [-0.39, 0.29) is 62.1 Å².